The standard InChI is InChI=1S/C24H21ClN4O2S/c1-14-10-20-21(27-24(31)23(30)26-20)13-22(14)32-28-16-6-7-18(19(25)12-16)15-4-2-5-17(11-15)29-8-3-9-29/h2,4-7,10-13,28H,3,8-9H2,1H3,(H,26,30)(H,27,31). The van der Waals surface area contributed by atoms with Crippen LogP contribution in [0.15, 0.2) is 69.1 Å². The molecule has 3 N–H and O–H groups in total. The Labute approximate surface area is 193 Å². The molecule has 5 rings (SSSR count). The van der Waals surface area contributed by atoms with E-state index in [2.05, 4.69) is 43.9 Å². The molecule has 32 heavy (non-hydrogen) atoms. The van der Waals surface area contributed by atoms with Gasteiger partial charge in [-0.1, -0.05) is 29.8 Å². The monoisotopic (exact) mass is 464 g/mol. The van der Waals surface area contributed by atoms with Crippen molar-refractivity contribution in [2.24, 2.45) is 0 Å². The van der Waals surface area contributed by atoms with Crippen molar-refractivity contribution >= 4 is 46.0 Å². The normalized spacial score (nSPS) is 13.2. The summed E-state index contributed by atoms with van der Waals surface area (Å²) in [5.41, 5.74) is 5.04. The summed E-state index contributed by atoms with van der Waals surface area (Å²) < 4.78 is 3.32. The third-order valence-corrected chi connectivity index (χ3v) is 6.95. The molecule has 0 unspecified atom stereocenters. The van der Waals surface area contributed by atoms with Crippen molar-refractivity contribution in [2.75, 3.05) is 22.7 Å². The van der Waals surface area contributed by atoms with Gasteiger partial charge in [0.15, 0.2) is 0 Å². The van der Waals surface area contributed by atoms with Crippen LogP contribution >= 0.6 is 23.5 Å². The summed E-state index contributed by atoms with van der Waals surface area (Å²) in [6.07, 6.45) is 1.24. The van der Waals surface area contributed by atoms with Crippen molar-refractivity contribution in [2.45, 2.75) is 18.2 Å². The van der Waals surface area contributed by atoms with E-state index in [4.69, 9.17) is 11.6 Å². The fourth-order valence-corrected chi connectivity index (χ4v) is 4.78. The van der Waals surface area contributed by atoms with E-state index >= 15 is 0 Å². The van der Waals surface area contributed by atoms with E-state index in [0.717, 1.165) is 40.4 Å². The zero-order valence-electron chi connectivity index (χ0n) is 17.4. The van der Waals surface area contributed by atoms with E-state index in [9.17, 15) is 9.59 Å². The maximum Gasteiger partial charge on any atom is 0.314 e. The largest absolute Gasteiger partial charge is 0.371 e. The number of aryl methyl sites for hydroxylation is 1. The Bertz CT molecular complexity index is 1440. The fraction of sp³-hybridized carbons (Fsp3) is 0.167. The van der Waals surface area contributed by atoms with Gasteiger partial charge in [-0.25, -0.2) is 0 Å². The Morgan fingerprint density at radius 1 is 0.969 bits per heavy atom. The Balaban J connectivity index is 1.36. The van der Waals surface area contributed by atoms with Gasteiger partial charge >= 0.3 is 11.1 Å². The van der Waals surface area contributed by atoms with Crippen LogP contribution in [0, 0.1) is 6.92 Å². The smallest absolute Gasteiger partial charge is 0.314 e. The van der Waals surface area contributed by atoms with Gasteiger partial charge in [-0.3, -0.25) is 9.59 Å². The van der Waals surface area contributed by atoms with Crippen LogP contribution in [0.5, 0.6) is 0 Å². The van der Waals surface area contributed by atoms with Crippen molar-refractivity contribution in [3.63, 3.8) is 0 Å². The Kier molecular flexibility index (Phi) is 5.45. The van der Waals surface area contributed by atoms with Crippen LogP contribution in [-0.2, 0) is 0 Å². The van der Waals surface area contributed by atoms with E-state index in [1.807, 2.05) is 37.3 Å². The number of fused-ring (bicyclic) bond motifs is 1. The van der Waals surface area contributed by atoms with Crippen LogP contribution in [0.2, 0.25) is 5.02 Å². The Hall–Kier alpha value is -3.16. The summed E-state index contributed by atoms with van der Waals surface area (Å²) in [5.74, 6) is 0. The van der Waals surface area contributed by atoms with Crippen LogP contribution in [0.3, 0.4) is 0 Å². The highest BCUT2D eigenvalue weighted by Gasteiger charge is 2.15. The van der Waals surface area contributed by atoms with Gasteiger partial charge in [0, 0.05) is 34.9 Å². The molecule has 1 aliphatic heterocycles. The van der Waals surface area contributed by atoms with E-state index in [-0.39, 0.29) is 0 Å². The number of hydrogen-bond acceptors (Lipinski definition) is 5. The molecule has 0 aliphatic carbocycles. The van der Waals surface area contributed by atoms with E-state index in [1.165, 1.54) is 24.1 Å². The van der Waals surface area contributed by atoms with Gasteiger partial charge in [0.2, 0.25) is 0 Å². The van der Waals surface area contributed by atoms with Gasteiger partial charge in [-0.15, -0.1) is 0 Å². The first-order valence-electron chi connectivity index (χ1n) is 10.3. The number of anilines is 2. The molecular formula is C24H21ClN4O2S. The van der Waals surface area contributed by atoms with Crippen LogP contribution in [0.4, 0.5) is 11.4 Å². The molecule has 1 aliphatic rings. The van der Waals surface area contributed by atoms with Gasteiger partial charge in [0.05, 0.1) is 16.1 Å². The number of aromatic nitrogens is 2. The minimum atomic E-state index is -0.661. The maximum absolute atomic E-state index is 11.6. The molecular weight excluding hydrogens is 444 g/mol. The highest BCUT2D eigenvalue weighted by Crippen LogP contribution is 2.35. The predicted molar refractivity (Wildman–Crippen MR) is 133 cm³/mol. The molecule has 3 aromatic carbocycles. The molecule has 4 aromatic rings. The fourth-order valence-electron chi connectivity index (χ4n) is 3.73. The number of rotatable bonds is 5. The number of halogens is 1. The molecule has 1 aromatic heterocycles. The molecule has 8 heteroatoms. The molecule has 2 heterocycles. The molecule has 1 fully saturated rings. The molecule has 0 saturated carbocycles. The van der Waals surface area contributed by atoms with Crippen molar-refractivity contribution in [3.05, 3.63) is 85.9 Å². The number of aromatic amines is 2. The Morgan fingerprint density at radius 3 is 2.41 bits per heavy atom. The van der Waals surface area contributed by atoms with Crippen molar-refractivity contribution in [3.8, 4) is 11.1 Å². The second-order valence-corrected chi connectivity index (χ2v) is 9.12. The van der Waals surface area contributed by atoms with Crippen LogP contribution in [-0.4, -0.2) is 23.1 Å². The first-order chi connectivity index (χ1) is 15.5. The van der Waals surface area contributed by atoms with Crippen molar-refractivity contribution in [1.29, 1.82) is 0 Å². The lowest BCUT2D eigenvalue weighted by atomic mass is 10.0. The second kappa shape index (κ2) is 8.41. The summed E-state index contributed by atoms with van der Waals surface area (Å²) in [7, 11) is 0. The third kappa shape index (κ3) is 4.01. The highest BCUT2D eigenvalue weighted by atomic mass is 35.5. The maximum atomic E-state index is 11.6. The zero-order chi connectivity index (χ0) is 22.2. The molecule has 0 bridgehead atoms. The number of benzene rings is 3. The molecule has 0 radical (unpaired) electrons. The molecule has 1 saturated heterocycles. The summed E-state index contributed by atoms with van der Waals surface area (Å²) >= 11 is 8.05. The average Bonchev–Trinajstić information content (AvgIpc) is 2.73. The highest BCUT2D eigenvalue weighted by molar-refractivity contribution is 8.00. The summed E-state index contributed by atoms with van der Waals surface area (Å²) in [5, 5.41) is 0.675. The quantitative estimate of drug-likeness (QED) is 0.280. The molecule has 6 nitrogen and oxygen atoms in total. The van der Waals surface area contributed by atoms with Crippen molar-refractivity contribution in [1.82, 2.24) is 9.97 Å². The molecule has 162 valence electrons. The van der Waals surface area contributed by atoms with Gasteiger partial charge in [-0.05, 0) is 72.8 Å². The molecule has 0 atom stereocenters. The lowest BCUT2D eigenvalue weighted by Gasteiger charge is -2.33. The number of hydrogen-bond donors (Lipinski definition) is 3. The lowest BCUT2D eigenvalue weighted by molar-refractivity contribution is 0.618. The topological polar surface area (TPSA) is 81.0 Å². The minimum Gasteiger partial charge on any atom is -0.371 e. The lowest BCUT2D eigenvalue weighted by Crippen LogP contribution is -2.36. The number of nitrogens with zero attached hydrogens (tertiary/aromatic N) is 1. The van der Waals surface area contributed by atoms with E-state index in [0.29, 0.717) is 16.1 Å². The number of nitrogens with one attached hydrogen (secondary N) is 3. The van der Waals surface area contributed by atoms with Gasteiger partial charge in [-0.2, -0.15) is 0 Å². The SMILES string of the molecule is Cc1cc2[nH]c(=O)c(=O)[nH]c2cc1SNc1ccc(-c2cccc(N3CCC3)c2)c(Cl)c1. The summed E-state index contributed by atoms with van der Waals surface area (Å²) in [4.78, 5) is 31.7. The van der Waals surface area contributed by atoms with Crippen LogP contribution in [0.1, 0.15) is 12.0 Å². The summed E-state index contributed by atoms with van der Waals surface area (Å²) in [6, 6.07) is 18.1. The van der Waals surface area contributed by atoms with Gasteiger partial charge in [0.1, 0.15) is 0 Å². The van der Waals surface area contributed by atoms with Crippen molar-refractivity contribution < 1.29 is 0 Å². The number of H-pyrrole nitrogens is 2. The average molecular weight is 465 g/mol. The van der Waals surface area contributed by atoms with E-state index in [1.54, 1.807) is 0 Å². The third-order valence-electron chi connectivity index (χ3n) is 5.64. The van der Waals surface area contributed by atoms with Crippen LogP contribution in [0.25, 0.3) is 22.2 Å². The van der Waals surface area contributed by atoms with Gasteiger partial charge in [0.25, 0.3) is 0 Å². The zero-order valence-corrected chi connectivity index (χ0v) is 18.9. The Morgan fingerprint density at radius 2 is 1.72 bits per heavy atom. The summed E-state index contributed by atoms with van der Waals surface area (Å²) in [6.45, 7) is 4.17. The van der Waals surface area contributed by atoms with E-state index < -0.39 is 11.1 Å². The molecule has 0 amide bonds. The minimum absolute atomic E-state index is 0.583. The van der Waals surface area contributed by atoms with Crippen LogP contribution < -0.4 is 20.7 Å². The first kappa shape index (κ1) is 20.7. The van der Waals surface area contributed by atoms with Gasteiger partial charge < -0.3 is 19.6 Å². The predicted octanol–water partition coefficient (Wildman–Crippen LogP) is 5.17. The molecule has 0 spiro atoms. The first-order valence-corrected chi connectivity index (χ1v) is 11.5. The second-order valence-electron chi connectivity index (χ2n) is 7.86.